The maximum Gasteiger partial charge on any atom is 0.0299 e. The molecule has 2 aromatic carbocycles. The predicted octanol–water partition coefficient (Wildman–Crippen LogP) is 4.88. The van der Waals surface area contributed by atoms with Gasteiger partial charge in [-0.25, -0.2) is 0 Å². The Morgan fingerprint density at radius 1 is 0.667 bits per heavy atom. The smallest absolute Gasteiger partial charge is 0.0299 e. The molecule has 0 aromatic heterocycles. The van der Waals surface area contributed by atoms with E-state index in [-0.39, 0.29) is 0 Å². The van der Waals surface area contributed by atoms with Gasteiger partial charge in [0.1, 0.15) is 0 Å². The van der Waals surface area contributed by atoms with Crippen LogP contribution >= 0.6 is 0 Å². The van der Waals surface area contributed by atoms with Crippen LogP contribution in [0.15, 0.2) is 60.7 Å². The van der Waals surface area contributed by atoms with E-state index in [0.717, 1.165) is 0 Å². The van der Waals surface area contributed by atoms with Gasteiger partial charge < -0.3 is 0 Å². The lowest BCUT2D eigenvalue weighted by Gasteiger charge is -2.13. The second-order valence-corrected chi connectivity index (χ2v) is 7.47. The number of fused-ring (bicyclic) bond motifs is 2. The van der Waals surface area contributed by atoms with Gasteiger partial charge in [0.15, 0.2) is 0 Å². The van der Waals surface area contributed by atoms with Crippen LogP contribution in [0.25, 0.3) is 12.2 Å². The largest absolute Gasteiger partial charge is 0.0767 e. The number of allylic oxidation sites excluding steroid dienone is 2. The summed E-state index contributed by atoms with van der Waals surface area (Å²) in [6, 6.07) is 20.4. The Bertz CT molecular complexity index is 650. The molecule has 0 amide bonds. The van der Waals surface area contributed by atoms with Gasteiger partial charge in [0, 0.05) is 9.52 Å². The Balaban J connectivity index is 1.38. The average Bonchev–Trinajstić information content (AvgIpc) is 3.13. The van der Waals surface area contributed by atoms with E-state index in [1.54, 1.807) is 0 Å². The first kappa shape index (κ1) is 12.8. The number of hydrogen-bond acceptors (Lipinski definition) is 0. The van der Waals surface area contributed by atoms with E-state index in [4.69, 9.17) is 0 Å². The summed E-state index contributed by atoms with van der Waals surface area (Å²) in [5, 5.41) is 0. The molecule has 1 radical (unpaired) electrons. The number of rotatable bonds is 4. The van der Waals surface area contributed by atoms with Crippen LogP contribution in [0.5, 0.6) is 0 Å². The molecular formula is C20H19Si. The predicted molar refractivity (Wildman–Crippen MR) is 93.2 cm³/mol. The van der Waals surface area contributed by atoms with Crippen molar-refractivity contribution in [2.24, 2.45) is 0 Å². The van der Waals surface area contributed by atoms with Crippen molar-refractivity contribution in [3.63, 3.8) is 0 Å². The molecule has 0 N–H and O–H groups in total. The number of hydrogen-bond donors (Lipinski definition) is 0. The first-order chi connectivity index (χ1) is 10.4. The highest BCUT2D eigenvalue weighted by atomic mass is 28.2. The van der Waals surface area contributed by atoms with E-state index in [0.29, 0.717) is 21.4 Å². The van der Waals surface area contributed by atoms with Crippen LogP contribution in [0.3, 0.4) is 0 Å². The van der Waals surface area contributed by atoms with E-state index >= 15 is 0 Å². The summed E-state index contributed by atoms with van der Waals surface area (Å²) in [5.74, 6) is 1.33. The van der Waals surface area contributed by atoms with Gasteiger partial charge in [-0.15, -0.1) is 0 Å². The normalized spacial score (nSPS) is 21.5. The van der Waals surface area contributed by atoms with Crippen molar-refractivity contribution in [1.82, 2.24) is 0 Å². The van der Waals surface area contributed by atoms with Gasteiger partial charge in [0.25, 0.3) is 0 Å². The second-order valence-electron chi connectivity index (χ2n) is 5.95. The fourth-order valence-corrected chi connectivity index (χ4v) is 5.25. The summed E-state index contributed by atoms with van der Waals surface area (Å²) in [6.07, 6.45) is 9.39. The Hall–Kier alpha value is -1.86. The molecule has 2 unspecified atom stereocenters. The molecule has 0 saturated carbocycles. The molecule has 4 rings (SSSR count). The molecule has 2 aliphatic rings. The zero-order valence-corrected chi connectivity index (χ0v) is 13.2. The number of benzene rings is 2. The zero-order valence-electron chi connectivity index (χ0n) is 12.1. The van der Waals surface area contributed by atoms with Crippen molar-refractivity contribution >= 4 is 21.7 Å². The topological polar surface area (TPSA) is 0 Å². The van der Waals surface area contributed by atoms with Gasteiger partial charge in [-0.3, -0.25) is 0 Å². The van der Waals surface area contributed by atoms with Crippen LogP contribution < -0.4 is 0 Å². The third-order valence-corrected chi connectivity index (χ3v) is 6.33. The highest BCUT2D eigenvalue weighted by molar-refractivity contribution is 6.36. The van der Waals surface area contributed by atoms with Gasteiger partial charge in [0.2, 0.25) is 0 Å². The quantitative estimate of drug-likeness (QED) is 0.703. The minimum Gasteiger partial charge on any atom is -0.0767 e. The third-order valence-electron chi connectivity index (χ3n) is 4.65. The van der Waals surface area contributed by atoms with Crippen LogP contribution in [0.1, 0.15) is 34.1 Å². The lowest BCUT2D eigenvalue weighted by molar-refractivity contribution is 0.935. The summed E-state index contributed by atoms with van der Waals surface area (Å²) in [5.41, 5.74) is 5.92. The molecule has 0 aliphatic heterocycles. The van der Waals surface area contributed by atoms with Gasteiger partial charge in [-0.05, 0) is 34.1 Å². The van der Waals surface area contributed by atoms with E-state index < -0.39 is 0 Å². The molecule has 0 bridgehead atoms. The molecule has 0 saturated heterocycles. The summed E-state index contributed by atoms with van der Waals surface area (Å²) in [4.78, 5) is 0. The SMILES string of the molecule is C1=CC(C[SiH]CC2C=Cc3ccccc32)c2ccccc21. The molecule has 21 heavy (non-hydrogen) atoms. The summed E-state index contributed by atoms with van der Waals surface area (Å²) in [7, 11) is 0.496. The van der Waals surface area contributed by atoms with Crippen molar-refractivity contribution in [3.8, 4) is 0 Å². The maximum absolute atomic E-state index is 2.40. The summed E-state index contributed by atoms with van der Waals surface area (Å²) >= 11 is 0. The minimum absolute atomic E-state index is 0.496. The molecule has 1 heteroatoms. The molecule has 103 valence electrons. The molecule has 0 spiro atoms. The van der Waals surface area contributed by atoms with Crippen molar-refractivity contribution in [3.05, 3.63) is 82.9 Å². The molecule has 0 heterocycles. The summed E-state index contributed by atoms with van der Waals surface area (Å²) < 4.78 is 0. The van der Waals surface area contributed by atoms with Crippen molar-refractivity contribution in [2.75, 3.05) is 0 Å². The van der Waals surface area contributed by atoms with E-state index in [1.807, 2.05) is 0 Å². The van der Waals surface area contributed by atoms with Crippen LogP contribution in [-0.4, -0.2) is 9.52 Å². The minimum atomic E-state index is 0.496. The third kappa shape index (κ3) is 2.42. The monoisotopic (exact) mass is 287 g/mol. The highest BCUT2D eigenvalue weighted by Crippen LogP contribution is 2.35. The lowest BCUT2D eigenvalue weighted by Crippen LogP contribution is -2.03. The molecule has 0 nitrogen and oxygen atoms in total. The fraction of sp³-hybridized carbons (Fsp3) is 0.200. The Morgan fingerprint density at radius 2 is 1.14 bits per heavy atom. The van der Waals surface area contributed by atoms with Crippen molar-refractivity contribution < 1.29 is 0 Å². The molecule has 2 atom stereocenters. The Morgan fingerprint density at radius 3 is 1.67 bits per heavy atom. The molecule has 0 fully saturated rings. The van der Waals surface area contributed by atoms with Crippen LogP contribution in [0.2, 0.25) is 12.1 Å². The van der Waals surface area contributed by atoms with Gasteiger partial charge in [-0.2, -0.15) is 0 Å². The fourth-order valence-electron chi connectivity index (χ4n) is 3.51. The highest BCUT2D eigenvalue weighted by Gasteiger charge is 2.19. The van der Waals surface area contributed by atoms with Crippen LogP contribution in [-0.2, 0) is 0 Å². The van der Waals surface area contributed by atoms with Gasteiger partial charge in [-0.1, -0.05) is 84.9 Å². The van der Waals surface area contributed by atoms with Gasteiger partial charge >= 0.3 is 0 Å². The molecule has 2 aromatic rings. The first-order valence-electron chi connectivity index (χ1n) is 7.78. The van der Waals surface area contributed by atoms with E-state index in [1.165, 1.54) is 34.3 Å². The lowest BCUT2D eigenvalue weighted by atomic mass is 10.0. The van der Waals surface area contributed by atoms with E-state index in [9.17, 15) is 0 Å². The Kier molecular flexibility index (Phi) is 3.36. The maximum atomic E-state index is 2.40. The van der Waals surface area contributed by atoms with Crippen molar-refractivity contribution in [2.45, 2.75) is 23.9 Å². The van der Waals surface area contributed by atoms with Gasteiger partial charge in [0.05, 0.1) is 0 Å². The Labute approximate surface area is 129 Å². The molecular weight excluding hydrogens is 268 g/mol. The van der Waals surface area contributed by atoms with Crippen LogP contribution in [0.4, 0.5) is 0 Å². The average molecular weight is 287 g/mol. The molecule has 2 aliphatic carbocycles. The second kappa shape index (κ2) is 5.49. The van der Waals surface area contributed by atoms with Crippen molar-refractivity contribution in [1.29, 1.82) is 0 Å². The van der Waals surface area contributed by atoms with Crippen LogP contribution in [0, 0.1) is 0 Å². The summed E-state index contributed by atoms with van der Waals surface area (Å²) in [6.45, 7) is 0. The standard InChI is InChI=1S/C20H19Si/c1-3-7-19-15(5-1)9-11-17(19)13-21-14-18-12-10-16-6-2-4-8-20(16)18/h1-12,17-18,21H,13-14H2. The first-order valence-corrected chi connectivity index (χ1v) is 9.41. The zero-order chi connectivity index (χ0) is 14.1. The van der Waals surface area contributed by atoms with E-state index in [2.05, 4.69) is 72.8 Å².